The number of aryl methyl sites for hydroxylation is 2. The van der Waals surface area contributed by atoms with Crippen molar-refractivity contribution < 1.29 is 4.79 Å². The highest BCUT2D eigenvalue weighted by molar-refractivity contribution is 7.21. The van der Waals surface area contributed by atoms with E-state index >= 15 is 0 Å². The molecule has 27 heavy (non-hydrogen) atoms. The number of nitrogens with one attached hydrogen (secondary N) is 1. The van der Waals surface area contributed by atoms with E-state index in [2.05, 4.69) is 11.4 Å². The monoisotopic (exact) mass is 399 g/mol. The van der Waals surface area contributed by atoms with Crippen molar-refractivity contribution in [3.8, 4) is 0 Å². The lowest BCUT2D eigenvalue weighted by molar-refractivity contribution is 0.103. The van der Waals surface area contributed by atoms with Gasteiger partial charge in [-0.05, 0) is 61.9 Å². The topological polar surface area (TPSA) is 68.0 Å². The molecule has 0 spiro atoms. The van der Waals surface area contributed by atoms with Crippen molar-refractivity contribution in [3.05, 3.63) is 51.0 Å². The van der Waals surface area contributed by atoms with Gasteiger partial charge in [-0.15, -0.1) is 11.3 Å². The number of amides is 1. The Kier molecular flexibility index (Phi) is 5.06. The van der Waals surface area contributed by atoms with Crippen molar-refractivity contribution in [2.45, 2.75) is 45.4 Å². The van der Waals surface area contributed by atoms with Gasteiger partial charge in [-0.1, -0.05) is 30.5 Å². The number of aromatic nitrogens is 1. The first-order valence-corrected chi connectivity index (χ1v) is 10.5. The zero-order chi connectivity index (χ0) is 19.0. The molecule has 2 aromatic heterocycles. The first kappa shape index (κ1) is 18.3. The van der Waals surface area contributed by atoms with Crippen LogP contribution in [0.15, 0.2) is 24.3 Å². The number of hydrogen-bond donors (Lipinski definition) is 2. The molecule has 1 aromatic carbocycles. The molecule has 0 fully saturated rings. The Labute approximate surface area is 167 Å². The summed E-state index contributed by atoms with van der Waals surface area (Å²) in [6.07, 6.45) is 6.93. The van der Waals surface area contributed by atoms with Crippen LogP contribution >= 0.6 is 22.9 Å². The Bertz CT molecular complexity index is 1030. The second-order valence-corrected chi connectivity index (χ2v) is 8.48. The van der Waals surface area contributed by atoms with Crippen molar-refractivity contribution in [1.82, 2.24) is 4.98 Å². The Morgan fingerprint density at radius 3 is 2.81 bits per heavy atom. The molecule has 2 heterocycles. The number of pyridine rings is 1. The van der Waals surface area contributed by atoms with Crippen molar-refractivity contribution in [1.29, 1.82) is 0 Å². The average molecular weight is 400 g/mol. The quantitative estimate of drug-likeness (QED) is 0.576. The molecule has 0 unspecified atom stereocenters. The van der Waals surface area contributed by atoms with E-state index in [0.717, 1.165) is 28.6 Å². The van der Waals surface area contributed by atoms with Crippen LogP contribution in [0.25, 0.3) is 10.2 Å². The average Bonchev–Trinajstić information content (AvgIpc) is 2.95. The minimum Gasteiger partial charge on any atom is -0.397 e. The van der Waals surface area contributed by atoms with E-state index in [9.17, 15) is 4.79 Å². The number of carbonyl (C=O) groups is 1. The van der Waals surface area contributed by atoms with E-state index in [1.54, 1.807) is 6.07 Å². The first-order valence-electron chi connectivity index (χ1n) is 9.32. The molecule has 0 aliphatic heterocycles. The van der Waals surface area contributed by atoms with E-state index in [-0.39, 0.29) is 5.91 Å². The molecule has 0 bridgehead atoms. The number of anilines is 2. The van der Waals surface area contributed by atoms with E-state index < -0.39 is 0 Å². The summed E-state index contributed by atoms with van der Waals surface area (Å²) in [5, 5.41) is 4.46. The first-order chi connectivity index (χ1) is 13.0. The van der Waals surface area contributed by atoms with Crippen LogP contribution in [0.5, 0.6) is 0 Å². The predicted molar refractivity (Wildman–Crippen MR) is 114 cm³/mol. The summed E-state index contributed by atoms with van der Waals surface area (Å²) >= 11 is 7.52. The van der Waals surface area contributed by atoms with Crippen LogP contribution in [0.2, 0.25) is 5.02 Å². The van der Waals surface area contributed by atoms with Crippen LogP contribution in [-0.2, 0) is 12.8 Å². The highest BCUT2D eigenvalue weighted by atomic mass is 35.5. The lowest BCUT2D eigenvalue weighted by atomic mass is 9.96. The largest absolute Gasteiger partial charge is 0.397 e. The number of nitrogens with zero attached hydrogens (tertiary/aromatic N) is 1. The van der Waals surface area contributed by atoms with E-state index in [1.165, 1.54) is 48.3 Å². The van der Waals surface area contributed by atoms with Gasteiger partial charge in [0.25, 0.3) is 5.91 Å². The zero-order valence-electron chi connectivity index (χ0n) is 15.3. The van der Waals surface area contributed by atoms with Gasteiger partial charge in [0.05, 0.1) is 5.69 Å². The van der Waals surface area contributed by atoms with E-state index in [1.807, 2.05) is 19.1 Å². The van der Waals surface area contributed by atoms with E-state index in [4.69, 9.17) is 22.3 Å². The highest BCUT2D eigenvalue weighted by Crippen LogP contribution is 2.36. The smallest absolute Gasteiger partial charge is 0.267 e. The molecule has 0 radical (unpaired) electrons. The minimum atomic E-state index is -0.215. The van der Waals surface area contributed by atoms with Gasteiger partial charge in [0, 0.05) is 21.8 Å². The van der Waals surface area contributed by atoms with Gasteiger partial charge in [-0.3, -0.25) is 4.79 Å². The van der Waals surface area contributed by atoms with Gasteiger partial charge >= 0.3 is 0 Å². The van der Waals surface area contributed by atoms with Crippen molar-refractivity contribution in [2.24, 2.45) is 0 Å². The summed E-state index contributed by atoms with van der Waals surface area (Å²) in [5.41, 5.74) is 10.9. The minimum absolute atomic E-state index is 0.215. The summed E-state index contributed by atoms with van der Waals surface area (Å²) in [4.78, 5) is 19.1. The summed E-state index contributed by atoms with van der Waals surface area (Å²) in [7, 11) is 0. The molecular formula is C21H22ClN3OS. The molecule has 3 aromatic rings. The van der Waals surface area contributed by atoms with E-state index in [0.29, 0.717) is 21.3 Å². The molecule has 140 valence electrons. The van der Waals surface area contributed by atoms with Gasteiger partial charge in [0.2, 0.25) is 0 Å². The number of fused-ring (bicyclic) bond motifs is 2. The molecule has 1 aliphatic carbocycles. The van der Waals surface area contributed by atoms with Gasteiger partial charge in [0.1, 0.15) is 9.71 Å². The molecule has 1 amide bonds. The number of rotatable bonds is 2. The fourth-order valence-electron chi connectivity index (χ4n) is 3.60. The van der Waals surface area contributed by atoms with Crippen LogP contribution in [0, 0.1) is 6.92 Å². The normalized spacial score (nSPS) is 14.4. The number of carbonyl (C=O) groups excluding carboxylic acids is 1. The number of halogens is 1. The number of nitrogens with two attached hydrogens (primary N) is 1. The summed E-state index contributed by atoms with van der Waals surface area (Å²) < 4.78 is 0. The maximum Gasteiger partial charge on any atom is 0.267 e. The Morgan fingerprint density at radius 1 is 1.22 bits per heavy atom. The second-order valence-electron chi connectivity index (χ2n) is 7.07. The number of nitrogen functional groups attached to an aromatic ring is 1. The van der Waals surface area contributed by atoms with Crippen LogP contribution in [0.1, 0.15) is 52.2 Å². The van der Waals surface area contributed by atoms with Crippen molar-refractivity contribution in [3.63, 3.8) is 0 Å². The molecule has 1 aliphatic rings. The molecule has 0 saturated carbocycles. The fourth-order valence-corrected chi connectivity index (χ4v) is 4.77. The van der Waals surface area contributed by atoms with Crippen molar-refractivity contribution >= 4 is 50.4 Å². The standard InChI is InChI=1S/C21H22ClN3OS/c1-12-15(22)8-6-10-16(12)24-20(26)19-18(23)14-11-13-7-4-2-3-5-9-17(13)25-21(14)27-19/h6,8,10-11H,2-5,7,9,23H2,1H3,(H,24,26). The van der Waals surface area contributed by atoms with Crippen LogP contribution in [0.3, 0.4) is 0 Å². The third kappa shape index (κ3) is 3.54. The van der Waals surface area contributed by atoms with Gasteiger partial charge in [-0.25, -0.2) is 4.98 Å². The van der Waals surface area contributed by atoms with Crippen molar-refractivity contribution in [2.75, 3.05) is 11.1 Å². The number of benzene rings is 1. The summed E-state index contributed by atoms with van der Waals surface area (Å²) in [6, 6.07) is 7.61. The zero-order valence-corrected chi connectivity index (χ0v) is 16.8. The Balaban J connectivity index is 1.70. The lowest BCUT2D eigenvalue weighted by Gasteiger charge is -2.12. The summed E-state index contributed by atoms with van der Waals surface area (Å²) in [6.45, 7) is 1.88. The second kappa shape index (κ2) is 7.49. The third-order valence-electron chi connectivity index (χ3n) is 5.22. The fraction of sp³-hybridized carbons (Fsp3) is 0.333. The molecule has 0 atom stereocenters. The highest BCUT2D eigenvalue weighted by Gasteiger charge is 2.20. The molecule has 0 saturated heterocycles. The Morgan fingerprint density at radius 2 is 2.00 bits per heavy atom. The maximum absolute atomic E-state index is 12.8. The molecule has 4 nitrogen and oxygen atoms in total. The maximum atomic E-state index is 12.8. The third-order valence-corrected chi connectivity index (χ3v) is 6.74. The molecule has 6 heteroatoms. The van der Waals surface area contributed by atoms with Crippen LogP contribution < -0.4 is 11.1 Å². The SMILES string of the molecule is Cc1c(Cl)cccc1NC(=O)c1sc2nc3c(cc2c1N)CCCCCC3. The molecule has 4 rings (SSSR count). The van der Waals surface area contributed by atoms with Crippen LogP contribution in [0.4, 0.5) is 11.4 Å². The number of thiophene rings is 1. The van der Waals surface area contributed by atoms with Gasteiger partial charge in [-0.2, -0.15) is 0 Å². The van der Waals surface area contributed by atoms with Crippen LogP contribution in [-0.4, -0.2) is 10.9 Å². The Hall–Kier alpha value is -2.11. The lowest BCUT2D eigenvalue weighted by Crippen LogP contribution is -2.12. The van der Waals surface area contributed by atoms with Gasteiger partial charge < -0.3 is 11.1 Å². The summed E-state index contributed by atoms with van der Waals surface area (Å²) in [5.74, 6) is -0.215. The number of hydrogen-bond acceptors (Lipinski definition) is 4. The predicted octanol–water partition coefficient (Wildman–Crippen LogP) is 5.75. The molecular weight excluding hydrogens is 378 g/mol. The van der Waals surface area contributed by atoms with Gasteiger partial charge in [0.15, 0.2) is 0 Å². The molecule has 3 N–H and O–H groups in total.